The maximum Gasteiger partial charge on any atom is 0.249 e. The van der Waals surface area contributed by atoms with Crippen LogP contribution in [0.3, 0.4) is 0 Å². The molecule has 0 radical (unpaired) electrons. The van der Waals surface area contributed by atoms with Crippen molar-refractivity contribution in [3.63, 3.8) is 0 Å². The third-order valence-corrected chi connectivity index (χ3v) is 4.55. The number of anilines is 1. The van der Waals surface area contributed by atoms with Gasteiger partial charge in [0.25, 0.3) is 0 Å². The van der Waals surface area contributed by atoms with Crippen LogP contribution in [0.4, 0.5) is 5.69 Å². The van der Waals surface area contributed by atoms with Gasteiger partial charge >= 0.3 is 0 Å². The molecule has 1 aliphatic rings. The van der Waals surface area contributed by atoms with E-state index in [1.54, 1.807) is 18.2 Å². The largest absolute Gasteiger partial charge is 0.295 e. The molecule has 2 aromatic carbocycles. The predicted octanol–water partition coefficient (Wildman–Crippen LogP) is 2.53. The lowest BCUT2D eigenvalue weighted by molar-refractivity contribution is -0.117. The monoisotopic (exact) mass is 362 g/mol. The molecule has 2 aromatic rings. The number of hydrogen-bond acceptors (Lipinski definition) is 4. The zero-order chi connectivity index (χ0) is 17.3. The lowest BCUT2D eigenvalue weighted by Gasteiger charge is -2.22. The fraction of sp³-hybridized carbons (Fsp3) is 0.176. The van der Waals surface area contributed by atoms with Gasteiger partial charge in [-0.3, -0.25) is 14.7 Å². The average Bonchev–Trinajstić information content (AvgIpc) is 2.65. The second-order valence-electron chi connectivity index (χ2n) is 5.57. The highest BCUT2D eigenvalue weighted by Crippen LogP contribution is 2.29. The van der Waals surface area contributed by atoms with Crippen molar-refractivity contribution in [1.82, 2.24) is 0 Å². The van der Waals surface area contributed by atoms with Crippen LogP contribution in [0.1, 0.15) is 11.1 Å². The lowest BCUT2D eigenvalue weighted by atomic mass is 10.0. The molecule has 0 fully saturated rings. The van der Waals surface area contributed by atoms with E-state index in [2.05, 4.69) is 4.99 Å². The van der Waals surface area contributed by atoms with Crippen LogP contribution in [0.15, 0.2) is 53.5 Å². The maximum atomic E-state index is 12.4. The highest BCUT2D eigenvalue weighted by molar-refractivity contribution is 7.90. The van der Waals surface area contributed by atoms with Gasteiger partial charge in [-0.2, -0.15) is 0 Å². The molecule has 0 N–H and O–H groups in total. The molecule has 7 heteroatoms. The van der Waals surface area contributed by atoms with E-state index < -0.39 is 15.7 Å². The van der Waals surface area contributed by atoms with Crippen LogP contribution in [-0.2, 0) is 14.6 Å². The first-order valence-corrected chi connectivity index (χ1v) is 9.67. The quantitative estimate of drug-likeness (QED) is 0.842. The third kappa shape index (κ3) is 3.49. The first kappa shape index (κ1) is 16.7. The second-order valence-corrected chi connectivity index (χ2v) is 8.12. The van der Waals surface area contributed by atoms with Gasteiger partial charge in [0.05, 0.1) is 11.4 Å². The standard InChI is InChI=1S/C17H15ClN2O3S/c1-24(22,23)11-20-15-8-7-13(18)9-14(15)17(19-10-16(20)21)12-5-3-2-4-6-12/h2-9H,10-11H2,1H3. The summed E-state index contributed by atoms with van der Waals surface area (Å²) in [4.78, 5) is 18.1. The van der Waals surface area contributed by atoms with Crippen molar-refractivity contribution in [2.45, 2.75) is 0 Å². The van der Waals surface area contributed by atoms with Crippen LogP contribution in [0.5, 0.6) is 0 Å². The first-order valence-electron chi connectivity index (χ1n) is 7.23. The molecule has 0 spiro atoms. The molecule has 0 atom stereocenters. The van der Waals surface area contributed by atoms with Crippen molar-refractivity contribution in [3.05, 3.63) is 64.7 Å². The molecular weight excluding hydrogens is 348 g/mol. The molecule has 0 aliphatic carbocycles. The van der Waals surface area contributed by atoms with Gasteiger partial charge < -0.3 is 0 Å². The number of amides is 1. The van der Waals surface area contributed by atoms with Crippen molar-refractivity contribution in [2.75, 3.05) is 23.6 Å². The molecule has 24 heavy (non-hydrogen) atoms. The Labute approximate surface area is 145 Å². The van der Waals surface area contributed by atoms with E-state index in [1.165, 1.54) is 4.90 Å². The molecule has 0 aromatic heterocycles. The third-order valence-electron chi connectivity index (χ3n) is 3.59. The highest BCUT2D eigenvalue weighted by Gasteiger charge is 2.27. The van der Waals surface area contributed by atoms with Crippen molar-refractivity contribution in [1.29, 1.82) is 0 Å². The van der Waals surface area contributed by atoms with E-state index in [1.807, 2.05) is 30.3 Å². The minimum atomic E-state index is -3.39. The zero-order valence-electron chi connectivity index (χ0n) is 12.9. The van der Waals surface area contributed by atoms with E-state index in [4.69, 9.17) is 11.6 Å². The van der Waals surface area contributed by atoms with Crippen LogP contribution in [-0.4, -0.2) is 38.7 Å². The predicted molar refractivity (Wildman–Crippen MR) is 95.6 cm³/mol. The number of sulfone groups is 1. The molecular formula is C17H15ClN2O3S. The topological polar surface area (TPSA) is 66.8 Å². The molecule has 1 aliphatic heterocycles. The number of hydrogen-bond donors (Lipinski definition) is 0. The van der Waals surface area contributed by atoms with Crippen LogP contribution >= 0.6 is 11.6 Å². The van der Waals surface area contributed by atoms with Gasteiger partial charge in [0.15, 0.2) is 9.84 Å². The number of benzene rings is 2. The minimum Gasteiger partial charge on any atom is -0.295 e. The minimum absolute atomic E-state index is 0.119. The zero-order valence-corrected chi connectivity index (χ0v) is 14.5. The Balaban J connectivity index is 2.19. The van der Waals surface area contributed by atoms with Crippen molar-refractivity contribution in [3.8, 4) is 0 Å². The fourth-order valence-corrected chi connectivity index (χ4v) is 3.53. The molecule has 3 rings (SSSR count). The van der Waals surface area contributed by atoms with Gasteiger partial charge in [0, 0.05) is 22.4 Å². The van der Waals surface area contributed by atoms with Gasteiger partial charge in [-0.1, -0.05) is 41.9 Å². The summed E-state index contributed by atoms with van der Waals surface area (Å²) < 4.78 is 23.5. The van der Waals surface area contributed by atoms with Gasteiger partial charge in [-0.05, 0) is 18.2 Å². The summed E-state index contributed by atoms with van der Waals surface area (Å²) in [7, 11) is -3.39. The fourth-order valence-electron chi connectivity index (χ4n) is 2.60. The first-order chi connectivity index (χ1) is 11.3. The summed E-state index contributed by atoms with van der Waals surface area (Å²) in [6.45, 7) is -0.119. The maximum absolute atomic E-state index is 12.4. The van der Waals surface area contributed by atoms with Crippen LogP contribution in [0.25, 0.3) is 0 Å². The Morgan fingerprint density at radius 1 is 1.17 bits per heavy atom. The Morgan fingerprint density at radius 2 is 1.88 bits per heavy atom. The number of aliphatic imine (C=N–C) groups is 1. The number of nitrogens with zero attached hydrogens (tertiary/aromatic N) is 2. The summed E-state index contributed by atoms with van der Waals surface area (Å²) in [6, 6.07) is 14.4. The van der Waals surface area contributed by atoms with E-state index in [-0.39, 0.29) is 12.5 Å². The van der Waals surface area contributed by atoms with Crippen LogP contribution < -0.4 is 4.90 Å². The van der Waals surface area contributed by atoms with Gasteiger partial charge in [-0.25, -0.2) is 8.42 Å². The molecule has 1 amide bonds. The van der Waals surface area contributed by atoms with Gasteiger partial charge in [0.1, 0.15) is 12.4 Å². The SMILES string of the molecule is CS(=O)(=O)CN1C(=O)CN=C(c2ccccc2)c2cc(Cl)ccc21. The number of rotatable bonds is 3. The molecule has 5 nitrogen and oxygen atoms in total. The number of carbonyl (C=O) groups excluding carboxylic acids is 1. The summed E-state index contributed by atoms with van der Waals surface area (Å²) in [5.74, 6) is -0.757. The Morgan fingerprint density at radius 3 is 2.54 bits per heavy atom. The van der Waals surface area contributed by atoms with Crippen molar-refractivity contribution in [2.24, 2.45) is 4.99 Å². The van der Waals surface area contributed by atoms with Crippen LogP contribution in [0, 0.1) is 0 Å². The Kier molecular flexibility index (Phi) is 4.43. The molecule has 0 bridgehead atoms. The van der Waals surface area contributed by atoms with E-state index >= 15 is 0 Å². The summed E-state index contributed by atoms with van der Waals surface area (Å²) >= 11 is 6.12. The number of carbonyl (C=O) groups is 1. The molecule has 1 heterocycles. The summed E-state index contributed by atoms with van der Waals surface area (Å²) in [6.07, 6.45) is 1.10. The smallest absolute Gasteiger partial charge is 0.249 e. The lowest BCUT2D eigenvalue weighted by Crippen LogP contribution is -2.36. The van der Waals surface area contributed by atoms with Gasteiger partial charge in [-0.15, -0.1) is 0 Å². The summed E-state index contributed by atoms with van der Waals surface area (Å²) in [5, 5.41) is 0.492. The number of benzodiazepines with no additional fused rings is 1. The molecule has 0 saturated carbocycles. The van der Waals surface area contributed by atoms with Crippen molar-refractivity contribution < 1.29 is 13.2 Å². The summed E-state index contributed by atoms with van der Waals surface area (Å²) in [5.41, 5.74) is 2.60. The Hall–Kier alpha value is -2.18. The average molecular weight is 363 g/mol. The Bertz CT molecular complexity index is 924. The molecule has 0 unspecified atom stereocenters. The van der Waals surface area contributed by atoms with E-state index in [9.17, 15) is 13.2 Å². The van der Waals surface area contributed by atoms with Gasteiger partial charge in [0.2, 0.25) is 5.91 Å². The second kappa shape index (κ2) is 6.37. The van der Waals surface area contributed by atoms with Crippen molar-refractivity contribution >= 4 is 38.7 Å². The highest BCUT2D eigenvalue weighted by atomic mass is 35.5. The molecule has 0 saturated heterocycles. The molecule has 124 valence electrons. The normalized spacial score (nSPS) is 14.8. The number of fused-ring (bicyclic) bond motifs is 1. The van der Waals surface area contributed by atoms with Crippen LogP contribution in [0.2, 0.25) is 5.02 Å². The van der Waals surface area contributed by atoms with E-state index in [0.29, 0.717) is 22.0 Å². The van der Waals surface area contributed by atoms with E-state index in [0.717, 1.165) is 11.8 Å². The number of halogens is 1.